The third kappa shape index (κ3) is 2.06. The van der Waals surface area contributed by atoms with Crippen LogP contribution in [0.2, 0.25) is 5.02 Å². The molecule has 0 radical (unpaired) electrons. The number of carboxylic acid groups (broad SMARTS) is 1. The molecule has 1 aromatic carbocycles. The lowest BCUT2D eigenvalue weighted by Gasteiger charge is -2.37. The van der Waals surface area contributed by atoms with E-state index >= 15 is 0 Å². The fraction of sp³-hybridized carbons (Fsp3) is 0.385. The Kier molecular flexibility index (Phi) is 3.17. The summed E-state index contributed by atoms with van der Waals surface area (Å²) < 4.78 is 1.54. The predicted octanol–water partition coefficient (Wildman–Crippen LogP) is 2.25. The van der Waals surface area contributed by atoms with E-state index in [1.165, 1.54) is 4.68 Å². The van der Waals surface area contributed by atoms with Crippen LogP contribution < -0.4 is 0 Å². The molecule has 0 saturated heterocycles. The first-order valence-electron chi connectivity index (χ1n) is 6.37. The summed E-state index contributed by atoms with van der Waals surface area (Å²) in [5, 5.41) is 21.5. The lowest BCUT2D eigenvalue weighted by Crippen LogP contribution is -2.42. The molecular weight excluding hydrogens is 280 g/mol. The van der Waals surface area contributed by atoms with E-state index in [2.05, 4.69) is 15.5 Å². The summed E-state index contributed by atoms with van der Waals surface area (Å²) in [5.74, 6) is -0.285. The van der Waals surface area contributed by atoms with Crippen molar-refractivity contribution in [2.75, 3.05) is 0 Å². The smallest absolute Gasteiger partial charge is 0.311 e. The average molecular weight is 293 g/mol. The molecule has 2 aromatic rings. The standard InChI is InChI=1S/C13H13ClN4O2/c14-10-5-2-1-4-9(10)11-15-16-17-18(11)8-13(12(19)20)6-3-7-13/h1-2,4-5H,3,6-8H2,(H,19,20). The maximum Gasteiger partial charge on any atom is 0.311 e. The van der Waals surface area contributed by atoms with Crippen LogP contribution in [0.15, 0.2) is 24.3 Å². The molecule has 1 saturated carbocycles. The van der Waals surface area contributed by atoms with E-state index in [0.29, 0.717) is 29.3 Å². The molecule has 0 atom stereocenters. The van der Waals surface area contributed by atoms with Crippen LogP contribution in [0, 0.1) is 5.41 Å². The van der Waals surface area contributed by atoms with Gasteiger partial charge in [-0.15, -0.1) is 5.10 Å². The van der Waals surface area contributed by atoms with Crippen molar-refractivity contribution in [3.63, 3.8) is 0 Å². The summed E-state index contributed by atoms with van der Waals surface area (Å²) >= 11 is 6.14. The summed E-state index contributed by atoms with van der Waals surface area (Å²) in [6, 6.07) is 7.24. The number of hydrogen-bond acceptors (Lipinski definition) is 4. The molecule has 0 aliphatic heterocycles. The quantitative estimate of drug-likeness (QED) is 0.934. The number of nitrogens with zero attached hydrogens (tertiary/aromatic N) is 4. The van der Waals surface area contributed by atoms with Gasteiger partial charge in [-0.1, -0.05) is 30.2 Å². The topological polar surface area (TPSA) is 80.9 Å². The zero-order valence-electron chi connectivity index (χ0n) is 10.7. The van der Waals surface area contributed by atoms with Gasteiger partial charge in [-0.3, -0.25) is 4.79 Å². The molecule has 20 heavy (non-hydrogen) atoms. The SMILES string of the molecule is O=C(O)C1(Cn2nnnc2-c2ccccc2Cl)CCC1. The van der Waals surface area contributed by atoms with Gasteiger partial charge in [-0.25, -0.2) is 4.68 Å². The lowest BCUT2D eigenvalue weighted by molar-refractivity contribution is -0.156. The van der Waals surface area contributed by atoms with Gasteiger partial charge >= 0.3 is 5.97 Å². The largest absolute Gasteiger partial charge is 0.481 e. The second kappa shape index (κ2) is 4.86. The normalized spacial score (nSPS) is 16.6. The first-order valence-corrected chi connectivity index (χ1v) is 6.75. The van der Waals surface area contributed by atoms with Crippen molar-refractivity contribution in [3.05, 3.63) is 29.3 Å². The Morgan fingerprint density at radius 2 is 2.15 bits per heavy atom. The summed E-state index contributed by atoms with van der Waals surface area (Å²) in [6.07, 6.45) is 2.24. The number of carbonyl (C=O) groups is 1. The molecule has 0 unspecified atom stereocenters. The molecular formula is C13H13ClN4O2. The zero-order valence-corrected chi connectivity index (χ0v) is 11.4. The molecule has 1 aliphatic carbocycles. The van der Waals surface area contributed by atoms with Crippen LogP contribution >= 0.6 is 11.6 Å². The minimum atomic E-state index is -0.788. The van der Waals surface area contributed by atoms with Crippen LogP contribution in [0.1, 0.15) is 19.3 Å². The maximum atomic E-state index is 11.4. The van der Waals surface area contributed by atoms with Crippen LogP contribution in [0.3, 0.4) is 0 Å². The first-order chi connectivity index (χ1) is 9.62. The van der Waals surface area contributed by atoms with E-state index in [0.717, 1.165) is 6.42 Å². The van der Waals surface area contributed by atoms with E-state index in [4.69, 9.17) is 11.6 Å². The van der Waals surface area contributed by atoms with Crippen molar-refractivity contribution in [1.29, 1.82) is 0 Å². The Bertz CT molecular complexity index is 651. The van der Waals surface area contributed by atoms with Crippen molar-refractivity contribution in [2.45, 2.75) is 25.8 Å². The van der Waals surface area contributed by atoms with Crippen LogP contribution in [-0.4, -0.2) is 31.3 Å². The number of tetrazole rings is 1. The van der Waals surface area contributed by atoms with Crippen LogP contribution in [0.4, 0.5) is 0 Å². The fourth-order valence-corrected chi connectivity index (χ4v) is 2.70. The monoisotopic (exact) mass is 292 g/mol. The molecule has 0 spiro atoms. The Hall–Kier alpha value is -1.95. The summed E-state index contributed by atoms with van der Waals surface area (Å²) in [5.41, 5.74) is -0.0372. The van der Waals surface area contributed by atoms with Crippen molar-refractivity contribution in [3.8, 4) is 11.4 Å². The maximum absolute atomic E-state index is 11.4. The molecule has 1 N–H and O–H groups in total. The zero-order chi connectivity index (χ0) is 14.2. The second-order valence-corrected chi connectivity index (χ2v) is 5.49. The van der Waals surface area contributed by atoms with Gasteiger partial charge in [0, 0.05) is 5.56 Å². The second-order valence-electron chi connectivity index (χ2n) is 5.08. The van der Waals surface area contributed by atoms with Gasteiger partial charge in [0.1, 0.15) is 0 Å². The van der Waals surface area contributed by atoms with Gasteiger partial charge in [-0.2, -0.15) is 0 Å². The van der Waals surface area contributed by atoms with Gasteiger partial charge in [0.2, 0.25) is 0 Å². The molecule has 1 aromatic heterocycles. The number of benzene rings is 1. The Labute approximate surface area is 120 Å². The van der Waals surface area contributed by atoms with Gasteiger partial charge in [-0.05, 0) is 35.4 Å². The molecule has 104 valence electrons. The third-order valence-corrected chi connectivity index (χ3v) is 4.19. The lowest BCUT2D eigenvalue weighted by atomic mass is 9.69. The van der Waals surface area contributed by atoms with Gasteiger partial charge in [0.05, 0.1) is 17.0 Å². The highest BCUT2D eigenvalue weighted by atomic mass is 35.5. The molecule has 7 heteroatoms. The molecule has 3 rings (SSSR count). The van der Waals surface area contributed by atoms with Gasteiger partial charge < -0.3 is 5.11 Å². The number of aliphatic carboxylic acids is 1. The molecule has 0 amide bonds. The number of rotatable bonds is 4. The van der Waals surface area contributed by atoms with E-state index < -0.39 is 11.4 Å². The molecule has 0 bridgehead atoms. The Balaban J connectivity index is 1.95. The van der Waals surface area contributed by atoms with E-state index in [-0.39, 0.29) is 6.54 Å². The number of hydrogen-bond donors (Lipinski definition) is 1. The molecule has 1 aliphatic rings. The minimum absolute atomic E-state index is 0.274. The third-order valence-electron chi connectivity index (χ3n) is 3.86. The highest BCUT2D eigenvalue weighted by molar-refractivity contribution is 6.33. The number of carboxylic acids is 1. The molecule has 6 nitrogen and oxygen atoms in total. The van der Waals surface area contributed by atoms with E-state index in [1.807, 2.05) is 18.2 Å². The number of halogens is 1. The van der Waals surface area contributed by atoms with E-state index in [9.17, 15) is 9.90 Å². The van der Waals surface area contributed by atoms with Crippen molar-refractivity contribution >= 4 is 17.6 Å². The summed E-state index contributed by atoms with van der Waals surface area (Å²) in [6.45, 7) is 0.274. The Morgan fingerprint density at radius 1 is 1.40 bits per heavy atom. The minimum Gasteiger partial charge on any atom is -0.481 e. The van der Waals surface area contributed by atoms with Gasteiger partial charge in [0.15, 0.2) is 5.82 Å². The summed E-state index contributed by atoms with van der Waals surface area (Å²) in [4.78, 5) is 11.4. The average Bonchev–Trinajstić information content (AvgIpc) is 2.81. The molecule has 1 fully saturated rings. The molecule has 1 heterocycles. The van der Waals surface area contributed by atoms with E-state index in [1.54, 1.807) is 6.07 Å². The Morgan fingerprint density at radius 3 is 2.75 bits per heavy atom. The fourth-order valence-electron chi connectivity index (χ4n) is 2.48. The van der Waals surface area contributed by atoms with Crippen molar-refractivity contribution in [1.82, 2.24) is 20.2 Å². The van der Waals surface area contributed by atoms with Crippen LogP contribution in [-0.2, 0) is 11.3 Å². The van der Waals surface area contributed by atoms with Gasteiger partial charge in [0.25, 0.3) is 0 Å². The number of aromatic nitrogens is 4. The van der Waals surface area contributed by atoms with Crippen LogP contribution in [0.5, 0.6) is 0 Å². The summed E-state index contributed by atoms with van der Waals surface area (Å²) in [7, 11) is 0. The first kappa shape index (κ1) is 13.1. The highest BCUT2D eigenvalue weighted by Crippen LogP contribution is 2.43. The van der Waals surface area contributed by atoms with Crippen molar-refractivity contribution < 1.29 is 9.90 Å². The van der Waals surface area contributed by atoms with Crippen molar-refractivity contribution in [2.24, 2.45) is 5.41 Å². The highest BCUT2D eigenvalue weighted by Gasteiger charge is 2.45. The van der Waals surface area contributed by atoms with Crippen LogP contribution in [0.25, 0.3) is 11.4 Å². The predicted molar refractivity (Wildman–Crippen MR) is 72.2 cm³/mol.